The minimum atomic E-state index is 0.152. The van der Waals surface area contributed by atoms with Gasteiger partial charge in [0.25, 0.3) is 0 Å². The molecule has 2 aromatic rings. The summed E-state index contributed by atoms with van der Waals surface area (Å²) < 4.78 is 1.85. The molecule has 0 unspecified atom stereocenters. The predicted octanol–water partition coefficient (Wildman–Crippen LogP) is 2.03. The Morgan fingerprint density at radius 2 is 2.08 bits per heavy atom. The van der Waals surface area contributed by atoms with Crippen LogP contribution in [-0.2, 0) is 5.41 Å². The van der Waals surface area contributed by atoms with Crippen molar-refractivity contribution < 1.29 is 0 Å². The first-order valence-corrected chi connectivity index (χ1v) is 4.37. The Morgan fingerprint density at radius 1 is 1.31 bits per heavy atom. The Hall–Kier alpha value is -1.38. The Balaban J connectivity index is 2.72. The summed E-state index contributed by atoms with van der Waals surface area (Å²) >= 11 is 0. The van der Waals surface area contributed by atoms with E-state index in [0.717, 1.165) is 5.52 Å². The van der Waals surface area contributed by atoms with E-state index in [1.807, 2.05) is 16.9 Å². The van der Waals surface area contributed by atoms with Crippen LogP contribution in [-0.4, -0.2) is 14.6 Å². The molecule has 0 spiro atoms. The zero-order valence-electron chi connectivity index (χ0n) is 8.15. The molecule has 0 saturated heterocycles. The van der Waals surface area contributed by atoms with Gasteiger partial charge in [0.1, 0.15) is 6.33 Å². The van der Waals surface area contributed by atoms with Crippen molar-refractivity contribution in [2.45, 2.75) is 26.2 Å². The first kappa shape index (κ1) is 8.23. The van der Waals surface area contributed by atoms with Gasteiger partial charge < -0.3 is 0 Å². The van der Waals surface area contributed by atoms with Crippen molar-refractivity contribution in [1.29, 1.82) is 0 Å². The molecule has 0 radical (unpaired) electrons. The summed E-state index contributed by atoms with van der Waals surface area (Å²) in [7, 11) is 0. The molecule has 68 valence electrons. The lowest BCUT2D eigenvalue weighted by Gasteiger charge is -2.16. The third-order valence-electron chi connectivity index (χ3n) is 2.15. The normalized spacial score (nSPS) is 12.2. The van der Waals surface area contributed by atoms with E-state index in [4.69, 9.17) is 0 Å². The zero-order valence-corrected chi connectivity index (χ0v) is 8.15. The average molecular weight is 175 g/mol. The van der Waals surface area contributed by atoms with Gasteiger partial charge in [0, 0.05) is 6.20 Å². The number of fused-ring (bicyclic) bond motifs is 1. The van der Waals surface area contributed by atoms with Crippen molar-refractivity contribution in [3.8, 4) is 0 Å². The third kappa shape index (κ3) is 1.30. The molecule has 0 saturated carbocycles. The van der Waals surface area contributed by atoms with Crippen LogP contribution in [0.15, 0.2) is 24.8 Å². The van der Waals surface area contributed by atoms with Crippen LogP contribution in [0.4, 0.5) is 0 Å². The summed E-state index contributed by atoms with van der Waals surface area (Å²) in [5, 5.41) is 4.12. The number of rotatable bonds is 0. The highest BCUT2D eigenvalue weighted by molar-refractivity contribution is 5.55. The van der Waals surface area contributed by atoms with Gasteiger partial charge in [-0.25, -0.2) is 9.50 Å². The fourth-order valence-electron chi connectivity index (χ4n) is 1.49. The Kier molecular flexibility index (Phi) is 1.62. The van der Waals surface area contributed by atoms with Crippen molar-refractivity contribution in [2.24, 2.45) is 0 Å². The molecule has 2 heterocycles. The molecule has 0 bridgehead atoms. The smallest absolute Gasteiger partial charge is 0.136 e. The lowest BCUT2D eigenvalue weighted by Crippen LogP contribution is -2.10. The summed E-state index contributed by atoms with van der Waals surface area (Å²) in [4.78, 5) is 4.03. The van der Waals surface area contributed by atoms with Crippen LogP contribution in [0.5, 0.6) is 0 Å². The number of nitrogens with zero attached hydrogens (tertiary/aromatic N) is 3. The lowest BCUT2D eigenvalue weighted by molar-refractivity contribution is 0.595. The van der Waals surface area contributed by atoms with E-state index in [2.05, 4.69) is 36.9 Å². The maximum atomic E-state index is 4.12. The molecule has 13 heavy (non-hydrogen) atoms. The molecule has 2 rings (SSSR count). The minimum absolute atomic E-state index is 0.152. The van der Waals surface area contributed by atoms with Gasteiger partial charge in [0.15, 0.2) is 0 Å². The van der Waals surface area contributed by atoms with Crippen molar-refractivity contribution >= 4 is 5.52 Å². The number of aromatic nitrogens is 3. The van der Waals surface area contributed by atoms with Crippen molar-refractivity contribution in [1.82, 2.24) is 14.6 Å². The Morgan fingerprint density at radius 3 is 2.77 bits per heavy atom. The molecule has 0 N–H and O–H groups in total. The molecule has 3 heteroatoms. The van der Waals surface area contributed by atoms with Gasteiger partial charge in [-0.3, -0.25) is 0 Å². The van der Waals surface area contributed by atoms with E-state index < -0.39 is 0 Å². The number of hydrogen-bond acceptors (Lipinski definition) is 2. The highest BCUT2D eigenvalue weighted by Gasteiger charge is 2.17. The molecular weight excluding hydrogens is 162 g/mol. The quantitative estimate of drug-likeness (QED) is 0.613. The van der Waals surface area contributed by atoms with Crippen molar-refractivity contribution in [2.75, 3.05) is 0 Å². The molecular formula is C10H13N3. The van der Waals surface area contributed by atoms with E-state index in [-0.39, 0.29) is 5.41 Å². The summed E-state index contributed by atoms with van der Waals surface area (Å²) in [6, 6.07) is 2.10. The Bertz CT molecular complexity index is 423. The molecule has 0 aromatic carbocycles. The third-order valence-corrected chi connectivity index (χ3v) is 2.15. The van der Waals surface area contributed by atoms with E-state index in [0.29, 0.717) is 0 Å². The lowest BCUT2D eigenvalue weighted by atomic mass is 9.88. The van der Waals surface area contributed by atoms with Crippen molar-refractivity contribution in [3.05, 3.63) is 30.4 Å². The highest BCUT2D eigenvalue weighted by Crippen LogP contribution is 2.26. The molecule has 2 aromatic heterocycles. The SMILES string of the molecule is CC(C)(C)c1ccn2ncncc12. The summed E-state index contributed by atoms with van der Waals surface area (Å²) in [5.41, 5.74) is 2.53. The van der Waals surface area contributed by atoms with Gasteiger partial charge >= 0.3 is 0 Å². The second kappa shape index (κ2) is 2.55. The van der Waals surface area contributed by atoms with Gasteiger partial charge in [0.2, 0.25) is 0 Å². The maximum Gasteiger partial charge on any atom is 0.136 e. The summed E-state index contributed by atoms with van der Waals surface area (Å²) in [6.45, 7) is 6.57. The van der Waals surface area contributed by atoms with Gasteiger partial charge in [-0.1, -0.05) is 20.8 Å². The summed E-state index contributed by atoms with van der Waals surface area (Å²) in [6.07, 6.45) is 5.38. The van der Waals surface area contributed by atoms with Crippen LogP contribution >= 0.6 is 0 Å². The number of hydrogen-bond donors (Lipinski definition) is 0. The van der Waals surface area contributed by atoms with Crippen LogP contribution in [0.3, 0.4) is 0 Å². The average Bonchev–Trinajstić information content (AvgIpc) is 2.45. The van der Waals surface area contributed by atoms with Crippen LogP contribution in [0.2, 0.25) is 0 Å². The van der Waals surface area contributed by atoms with Gasteiger partial charge in [-0.05, 0) is 17.0 Å². The molecule has 0 aliphatic rings. The molecule has 0 aliphatic heterocycles. The largest absolute Gasteiger partial charge is 0.241 e. The fraction of sp³-hybridized carbons (Fsp3) is 0.400. The highest BCUT2D eigenvalue weighted by atomic mass is 15.2. The predicted molar refractivity (Wildman–Crippen MR) is 51.7 cm³/mol. The zero-order chi connectivity index (χ0) is 9.47. The van der Waals surface area contributed by atoms with Crippen molar-refractivity contribution in [3.63, 3.8) is 0 Å². The minimum Gasteiger partial charge on any atom is -0.241 e. The van der Waals surface area contributed by atoms with E-state index >= 15 is 0 Å². The maximum absolute atomic E-state index is 4.12. The monoisotopic (exact) mass is 175 g/mol. The van der Waals surface area contributed by atoms with Gasteiger partial charge in [-0.2, -0.15) is 5.10 Å². The molecule has 0 aliphatic carbocycles. The topological polar surface area (TPSA) is 30.2 Å². The molecule has 0 atom stereocenters. The second-order valence-electron chi connectivity index (χ2n) is 4.22. The van der Waals surface area contributed by atoms with Crippen LogP contribution < -0.4 is 0 Å². The Labute approximate surface area is 77.4 Å². The standard InChI is InChI=1S/C10H13N3/c1-10(2,3)8-4-5-13-9(8)6-11-7-12-13/h4-7H,1-3H3. The second-order valence-corrected chi connectivity index (χ2v) is 4.22. The molecule has 3 nitrogen and oxygen atoms in total. The summed E-state index contributed by atoms with van der Waals surface area (Å²) in [5.74, 6) is 0. The van der Waals surface area contributed by atoms with E-state index in [9.17, 15) is 0 Å². The van der Waals surface area contributed by atoms with Gasteiger partial charge in [0.05, 0.1) is 11.7 Å². The van der Waals surface area contributed by atoms with Crippen LogP contribution in [0, 0.1) is 0 Å². The first-order valence-electron chi connectivity index (χ1n) is 4.37. The molecule has 0 fully saturated rings. The van der Waals surface area contributed by atoms with E-state index in [1.54, 1.807) is 6.33 Å². The fourth-order valence-corrected chi connectivity index (χ4v) is 1.49. The van der Waals surface area contributed by atoms with Crippen LogP contribution in [0.1, 0.15) is 26.3 Å². The van der Waals surface area contributed by atoms with Crippen LogP contribution in [0.25, 0.3) is 5.52 Å². The van der Waals surface area contributed by atoms with Gasteiger partial charge in [-0.15, -0.1) is 0 Å². The van der Waals surface area contributed by atoms with E-state index in [1.165, 1.54) is 5.56 Å². The first-order chi connectivity index (χ1) is 6.09. The molecule has 0 amide bonds.